The van der Waals surface area contributed by atoms with E-state index in [1.807, 2.05) is 23.6 Å². The van der Waals surface area contributed by atoms with Crippen molar-refractivity contribution in [3.05, 3.63) is 81.2 Å². The second-order valence-corrected chi connectivity index (χ2v) is 8.25. The zero-order chi connectivity index (χ0) is 18.9. The van der Waals surface area contributed by atoms with Gasteiger partial charge >= 0.3 is 0 Å². The Labute approximate surface area is 167 Å². The molecule has 0 radical (unpaired) electrons. The van der Waals surface area contributed by atoms with Crippen molar-refractivity contribution in [3.8, 4) is 5.82 Å². The molecule has 5 rings (SSSR count). The van der Waals surface area contributed by atoms with Crippen LogP contribution in [0.5, 0.6) is 0 Å². The summed E-state index contributed by atoms with van der Waals surface area (Å²) < 4.78 is 2.77. The maximum atomic E-state index is 13.1. The van der Waals surface area contributed by atoms with E-state index in [1.165, 1.54) is 5.56 Å². The van der Waals surface area contributed by atoms with E-state index in [-0.39, 0.29) is 5.56 Å². The van der Waals surface area contributed by atoms with Crippen molar-refractivity contribution in [1.29, 1.82) is 0 Å². The van der Waals surface area contributed by atoms with Gasteiger partial charge in [-0.2, -0.15) is 0 Å². The highest BCUT2D eigenvalue weighted by Crippen LogP contribution is 2.25. The quantitative estimate of drug-likeness (QED) is 0.549. The Hall–Kier alpha value is -2.70. The van der Waals surface area contributed by atoms with Crippen LogP contribution in [-0.4, -0.2) is 27.4 Å². The van der Waals surface area contributed by atoms with Crippen molar-refractivity contribution < 1.29 is 0 Å². The van der Waals surface area contributed by atoms with Crippen LogP contribution in [0.25, 0.3) is 15.9 Å². The first-order chi connectivity index (χ1) is 13.8. The molecule has 142 valence electrons. The average Bonchev–Trinajstić information content (AvgIpc) is 3.34. The number of nitrogens with zero attached hydrogens (tertiary/aromatic N) is 2. The molecule has 0 aliphatic heterocycles. The smallest absolute Gasteiger partial charge is 0.276 e. The van der Waals surface area contributed by atoms with Gasteiger partial charge < -0.3 is 5.32 Å². The number of benzene rings is 1. The van der Waals surface area contributed by atoms with Crippen LogP contribution < -0.4 is 10.9 Å². The number of thiophene rings is 1. The fraction of sp³-hybridized carbons (Fsp3) is 0.273. The zero-order valence-corrected chi connectivity index (χ0v) is 16.3. The number of hydrogen-bond acceptors (Lipinski definition) is 4. The molecule has 0 saturated carbocycles. The molecule has 0 spiro atoms. The monoisotopic (exact) mass is 390 g/mol. The number of aromatic nitrogens is 3. The van der Waals surface area contributed by atoms with Crippen LogP contribution in [0.15, 0.2) is 58.8 Å². The lowest BCUT2D eigenvalue weighted by atomic mass is 9.93. The maximum absolute atomic E-state index is 13.1. The van der Waals surface area contributed by atoms with Gasteiger partial charge in [0.15, 0.2) is 5.82 Å². The van der Waals surface area contributed by atoms with Gasteiger partial charge in [0.25, 0.3) is 5.56 Å². The third-order valence-corrected chi connectivity index (χ3v) is 6.41. The number of aryl methyl sites for hydroxylation is 1. The first-order valence-corrected chi connectivity index (χ1v) is 10.6. The number of H-pyrrole nitrogens is 1. The van der Waals surface area contributed by atoms with E-state index in [0.717, 1.165) is 53.6 Å². The molecule has 0 fully saturated rings. The highest BCUT2D eigenvalue weighted by atomic mass is 32.1. The molecule has 6 heteroatoms. The van der Waals surface area contributed by atoms with E-state index in [2.05, 4.69) is 39.7 Å². The third kappa shape index (κ3) is 3.19. The maximum Gasteiger partial charge on any atom is 0.276 e. The number of pyridine rings is 1. The highest BCUT2D eigenvalue weighted by Gasteiger charge is 2.25. The molecule has 1 atom stereocenters. The molecule has 2 N–H and O–H groups in total. The first-order valence-electron chi connectivity index (χ1n) is 9.72. The summed E-state index contributed by atoms with van der Waals surface area (Å²) in [5.41, 5.74) is 3.33. The van der Waals surface area contributed by atoms with E-state index in [0.29, 0.717) is 11.9 Å². The molecule has 1 aliphatic carbocycles. The number of hydrogen-bond donors (Lipinski definition) is 2. The van der Waals surface area contributed by atoms with Crippen LogP contribution in [-0.2, 0) is 19.3 Å². The zero-order valence-electron chi connectivity index (χ0n) is 15.5. The van der Waals surface area contributed by atoms with Crippen LogP contribution in [0.3, 0.4) is 0 Å². The second kappa shape index (κ2) is 7.37. The molecule has 0 amide bonds. The van der Waals surface area contributed by atoms with Crippen molar-refractivity contribution in [1.82, 2.24) is 20.1 Å². The van der Waals surface area contributed by atoms with Gasteiger partial charge in [0.05, 0.1) is 0 Å². The van der Waals surface area contributed by atoms with Crippen LogP contribution in [0.1, 0.15) is 23.2 Å². The molecule has 0 saturated heterocycles. The number of fused-ring (bicyclic) bond motifs is 2. The van der Waals surface area contributed by atoms with Crippen molar-refractivity contribution in [2.45, 2.75) is 31.7 Å². The molecular weight excluding hydrogens is 368 g/mol. The van der Waals surface area contributed by atoms with E-state index in [4.69, 9.17) is 0 Å². The fourth-order valence-corrected chi connectivity index (χ4v) is 4.82. The van der Waals surface area contributed by atoms with Gasteiger partial charge in [-0.05, 0) is 55.3 Å². The second-order valence-electron chi connectivity index (χ2n) is 7.31. The van der Waals surface area contributed by atoms with Gasteiger partial charge in [0.2, 0.25) is 0 Å². The molecule has 0 bridgehead atoms. The minimum atomic E-state index is 0.0377. The fourth-order valence-electron chi connectivity index (χ4n) is 4.05. The van der Waals surface area contributed by atoms with Gasteiger partial charge in [0, 0.05) is 33.6 Å². The SMILES string of the molecule is O=c1c2c([nH]n1-c1nccc3sccc13)CCC(NCCc1ccccc1)C2. The summed E-state index contributed by atoms with van der Waals surface area (Å²) in [6.07, 6.45) is 5.48. The van der Waals surface area contributed by atoms with E-state index in [1.54, 1.807) is 22.2 Å². The van der Waals surface area contributed by atoms with E-state index >= 15 is 0 Å². The van der Waals surface area contributed by atoms with Gasteiger partial charge in [-0.15, -0.1) is 11.3 Å². The van der Waals surface area contributed by atoms with Crippen molar-refractivity contribution in [3.63, 3.8) is 0 Å². The molecule has 1 unspecified atom stereocenters. The van der Waals surface area contributed by atoms with Crippen molar-refractivity contribution >= 4 is 21.4 Å². The predicted molar refractivity (Wildman–Crippen MR) is 114 cm³/mol. The van der Waals surface area contributed by atoms with Crippen molar-refractivity contribution in [2.24, 2.45) is 0 Å². The predicted octanol–water partition coefficient (Wildman–Crippen LogP) is 3.46. The van der Waals surface area contributed by atoms with Gasteiger partial charge in [-0.1, -0.05) is 30.3 Å². The molecule has 3 heterocycles. The van der Waals surface area contributed by atoms with E-state index in [9.17, 15) is 4.79 Å². The summed E-state index contributed by atoms with van der Waals surface area (Å²) >= 11 is 1.67. The minimum absolute atomic E-state index is 0.0377. The Morgan fingerprint density at radius 1 is 1.21 bits per heavy atom. The summed E-state index contributed by atoms with van der Waals surface area (Å²) in [7, 11) is 0. The average molecular weight is 391 g/mol. The Balaban J connectivity index is 1.34. The Bertz CT molecular complexity index is 1160. The van der Waals surface area contributed by atoms with Crippen LogP contribution >= 0.6 is 11.3 Å². The first kappa shape index (κ1) is 17.4. The van der Waals surface area contributed by atoms with Crippen LogP contribution in [0.2, 0.25) is 0 Å². The van der Waals surface area contributed by atoms with Gasteiger partial charge in [-0.25, -0.2) is 9.67 Å². The Morgan fingerprint density at radius 2 is 2.11 bits per heavy atom. The topological polar surface area (TPSA) is 62.7 Å². The molecule has 5 nitrogen and oxygen atoms in total. The Morgan fingerprint density at radius 3 is 3.00 bits per heavy atom. The summed E-state index contributed by atoms with van der Waals surface area (Å²) in [6.45, 7) is 0.929. The number of rotatable bonds is 5. The lowest BCUT2D eigenvalue weighted by molar-refractivity contribution is 0.458. The largest absolute Gasteiger partial charge is 0.313 e. The third-order valence-electron chi connectivity index (χ3n) is 5.53. The lowest BCUT2D eigenvalue weighted by Gasteiger charge is -2.22. The normalized spacial score (nSPS) is 16.4. The summed E-state index contributed by atoms with van der Waals surface area (Å²) in [6, 6.07) is 14.9. The lowest BCUT2D eigenvalue weighted by Crippen LogP contribution is -2.37. The summed E-state index contributed by atoms with van der Waals surface area (Å²) in [5.74, 6) is 0.701. The Kier molecular flexibility index (Phi) is 4.58. The number of nitrogens with one attached hydrogen (secondary N) is 2. The highest BCUT2D eigenvalue weighted by molar-refractivity contribution is 7.17. The van der Waals surface area contributed by atoms with Gasteiger partial charge in [-0.3, -0.25) is 9.89 Å². The van der Waals surface area contributed by atoms with E-state index < -0.39 is 0 Å². The minimum Gasteiger partial charge on any atom is -0.313 e. The molecule has 4 aromatic rings. The van der Waals surface area contributed by atoms with Crippen LogP contribution in [0.4, 0.5) is 0 Å². The van der Waals surface area contributed by atoms with Crippen LogP contribution in [0, 0.1) is 0 Å². The molecule has 28 heavy (non-hydrogen) atoms. The molecule has 1 aliphatic rings. The number of aromatic amines is 1. The standard InChI is InChI=1S/C22H22N4OS/c27-22-18-14-16(23-11-8-15-4-2-1-3-5-15)6-7-19(18)25-26(22)21-17-10-13-28-20(17)9-12-24-21/h1-5,9-10,12-13,16,23,25H,6-8,11,14H2. The molecule has 1 aromatic carbocycles. The molecule has 3 aromatic heterocycles. The van der Waals surface area contributed by atoms with Crippen molar-refractivity contribution in [2.75, 3.05) is 6.54 Å². The van der Waals surface area contributed by atoms with Gasteiger partial charge in [0.1, 0.15) is 0 Å². The summed E-state index contributed by atoms with van der Waals surface area (Å²) in [4.78, 5) is 17.6. The molecular formula is C22H22N4OS. The summed E-state index contributed by atoms with van der Waals surface area (Å²) in [5, 5.41) is 10.0.